The van der Waals surface area contributed by atoms with Gasteiger partial charge in [0.05, 0.1) is 30.7 Å². The Morgan fingerprint density at radius 1 is 1.07 bits per heavy atom. The molecule has 0 amide bonds. The van der Waals surface area contributed by atoms with Crippen LogP contribution in [0.15, 0.2) is 47.5 Å². The monoisotopic (exact) mass is 640 g/mol. The number of nitrogen functional groups attached to an aromatic ring is 2. The van der Waals surface area contributed by atoms with Crippen molar-refractivity contribution in [3.63, 3.8) is 0 Å². The number of para-hydroxylation sites is 1. The summed E-state index contributed by atoms with van der Waals surface area (Å²) in [7, 11) is 3.10. The van der Waals surface area contributed by atoms with Gasteiger partial charge in [-0.25, -0.2) is 9.78 Å². The van der Waals surface area contributed by atoms with E-state index in [0.717, 1.165) is 25.7 Å². The van der Waals surface area contributed by atoms with Crippen molar-refractivity contribution in [3.8, 4) is 23.3 Å². The van der Waals surface area contributed by atoms with E-state index in [1.54, 1.807) is 26.4 Å². The fourth-order valence-corrected chi connectivity index (χ4v) is 5.50. The highest BCUT2D eigenvalue weighted by Gasteiger charge is 2.25. The van der Waals surface area contributed by atoms with E-state index in [-0.39, 0.29) is 66.0 Å². The number of nitrogens with two attached hydrogens (primary N) is 3. The molecule has 0 aliphatic heterocycles. The van der Waals surface area contributed by atoms with Crippen LogP contribution in [-0.4, -0.2) is 45.9 Å². The average Bonchev–Trinajstić information content (AvgIpc) is 2.97. The average molecular weight is 642 g/mol. The quantitative estimate of drug-likeness (QED) is 0.225. The number of pyridine rings is 1. The molecule has 232 valence electrons. The molecule has 1 aliphatic rings. The van der Waals surface area contributed by atoms with E-state index in [9.17, 15) is 14.7 Å². The molecule has 1 aliphatic carbocycles. The normalized spacial score (nSPS) is 15.7. The Kier molecular flexibility index (Phi) is 11.1. The fourth-order valence-electron chi connectivity index (χ4n) is 5.50. The molecule has 2 heterocycles. The largest absolute Gasteiger partial charge is 0.493 e. The van der Waals surface area contributed by atoms with E-state index in [1.165, 1.54) is 12.4 Å². The van der Waals surface area contributed by atoms with Gasteiger partial charge in [0.1, 0.15) is 11.4 Å². The minimum absolute atomic E-state index is 0. The lowest BCUT2D eigenvalue weighted by atomic mass is 9.90. The third-order valence-electron chi connectivity index (χ3n) is 7.62. The number of anilines is 2. The van der Waals surface area contributed by atoms with Crippen molar-refractivity contribution in [1.82, 2.24) is 14.5 Å². The second-order valence-electron chi connectivity index (χ2n) is 10.3. The number of carbonyl (C=O) groups is 1. The second-order valence-corrected chi connectivity index (χ2v) is 10.3. The second kappa shape index (κ2) is 14.3. The van der Waals surface area contributed by atoms with Crippen molar-refractivity contribution < 1.29 is 19.4 Å². The number of carboxylic acids is 1. The van der Waals surface area contributed by atoms with E-state index < -0.39 is 11.4 Å². The number of halogens is 2. The molecule has 11 nitrogen and oxygen atoms in total. The Balaban J connectivity index is 0.00000264. The smallest absolute Gasteiger partial charge is 0.341 e. The van der Waals surface area contributed by atoms with Gasteiger partial charge in [-0.05, 0) is 55.5 Å². The predicted molar refractivity (Wildman–Crippen MR) is 174 cm³/mol. The minimum Gasteiger partial charge on any atom is -0.493 e. The van der Waals surface area contributed by atoms with Gasteiger partial charge in [-0.3, -0.25) is 4.79 Å². The van der Waals surface area contributed by atoms with Crippen molar-refractivity contribution in [2.45, 2.75) is 44.2 Å². The zero-order valence-corrected chi connectivity index (χ0v) is 25.8. The molecule has 2 aromatic carbocycles. The van der Waals surface area contributed by atoms with Gasteiger partial charge < -0.3 is 36.3 Å². The van der Waals surface area contributed by atoms with Crippen molar-refractivity contribution >= 4 is 53.5 Å². The summed E-state index contributed by atoms with van der Waals surface area (Å²) < 4.78 is 12.8. The molecule has 0 bridgehead atoms. The number of nitrogens with zero attached hydrogens (tertiary/aromatic N) is 3. The van der Waals surface area contributed by atoms with Crippen LogP contribution in [0.1, 0.15) is 64.3 Å². The zero-order valence-electron chi connectivity index (χ0n) is 24.2. The summed E-state index contributed by atoms with van der Waals surface area (Å²) in [5, 5.41) is 10.3. The fraction of sp³-hybridized carbons (Fsp3) is 0.290. The first-order valence-electron chi connectivity index (χ1n) is 13.5. The van der Waals surface area contributed by atoms with Gasteiger partial charge >= 0.3 is 5.97 Å². The number of hydrogen-bond acceptors (Lipinski definition) is 9. The highest BCUT2D eigenvalue weighted by Crippen LogP contribution is 2.33. The van der Waals surface area contributed by atoms with Crippen LogP contribution in [0.4, 0.5) is 11.8 Å². The maximum absolute atomic E-state index is 13.7. The molecule has 0 unspecified atom stereocenters. The summed E-state index contributed by atoms with van der Waals surface area (Å²) in [6.07, 6.45) is 6.21. The molecule has 1 saturated carbocycles. The number of aromatic nitrogens is 3. The first-order valence-corrected chi connectivity index (χ1v) is 13.5. The molecule has 2 aromatic heterocycles. The zero-order chi connectivity index (χ0) is 30.0. The van der Waals surface area contributed by atoms with Crippen LogP contribution in [0.25, 0.3) is 10.9 Å². The number of benzene rings is 2. The van der Waals surface area contributed by atoms with Crippen molar-refractivity contribution in [2.75, 3.05) is 25.7 Å². The predicted octanol–water partition coefficient (Wildman–Crippen LogP) is 3.95. The van der Waals surface area contributed by atoms with E-state index in [4.69, 9.17) is 26.7 Å². The molecular formula is C31H34Cl2N6O5. The molecule has 44 heavy (non-hydrogen) atoms. The number of rotatable bonds is 6. The molecule has 5 rings (SSSR count). The topological polar surface area (TPSA) is 182 Å². The van der Waals surface area contributed by atoms with Crippen LogP contribution in [-0.2, 0) is 6.42 Å². The Bertz CT molecular complexity index is 1810. The summed E-state index contributed by atoms with van der Waals surface area (Å²) in [4.78, 5) is 34.0. The highest BCUT2D eigenvalue weighted by molar-refractivity contribution is 5.94. The third-order valence-corrected chi connectivity index (χ3v) is 7.62. The molecule has 0 saturated heterocycles. The van der Waals surface area contributed by atoms with Gasteiger partial charge in [-0.1, -0.05) is 17.9 Å². The van der Waals surface area contributed by atoms with E-state index >= 15 is 0 Å². The number of ether oxygens (including phenoxy) is 2. The standard InChI is InChI=1S/C31H32N6O5.2ClH/c1-41-25-5-3-4-18(28(25)42-2)7-6-17-12-19(14-20-15-35-31(34)36-29(20)33)26-24(13-17)37(16-23(27(26)38)30(39)40)22-10-8-21(32)9-11-22;;/h3-5,12-13,15-16,21-22H,8-11,14,32H2,1-2H3,(H,39,40)(H4,33,34,35,36);2*1H/t21-,22-;;. The summed E-state index contributed by atoms with van der Waals surface area (Å²) >= 11 is 0. The van der Waals surface area contributed by atoms with Gasteiger partial charge in [-0.2, -0.15) is 4.98 Å². The van der Waals surface area contributed by atoms with E-state index in [1.807, 2.05) is 22.8 Å². The molecule has 0 atom stereocenters. The van der Waals surface area contributed by atoms with Gasteiger partial charge in [0, 0.05) is 42.0 Å². The lowest BCUT2D eigenvalue weighted by Crippen LogP contribution is -2.29. The molecule has 0 spiro atoms. The highest BCUT2D eigenvalue weighted by atomic mass is 35.5. The molecular weight excluding hydrogens is 607 g/mol. The van der Waals surface area contributed by atoms with Gasteiger partial charge in [0.25, 0.3) is 0 Å². The van der Waals surface area contributed by atoms with Crippen LogP contribution >= 0.6 is 24.8 Å². The summed E-state index contributed by atoms with van der Waals surface area (Å²) in [6, 6.07) is 9.07. The molecule has 0 radical (unpaired) electrons. The van der Waals surface area contributed by atoms with Crippen LogP contribution in [0.5, 0.6) is 11.5 Å². The number of hydrogen-bond donors (Lipinski definition) is 4. The van der Waals surface area contributed by atoms with Gasteiger partial charge in [0.15, 0.2) is 11.5 Å². The van der Waals surface area contributed by atoms with Crippen molar-refractivity contribution in [1.29, 1.82) is 0 Å². The number of methoxy groups -OCH3 is 2. The van der Waals surface area contributed by atoms with Crippen LogP contribution in [0, 0.1) is 11.8 Å². The Labute approximate surface area is 266 Å². The van der Waals surface area contributed by atoms with E-state index in [0.29, 0.717) is 39.3 Å². The van der Waals surface area contributed by atoms with Gasteiger partial charge in [-0.15, -0.1) is 24.8 Å². The number of carboxylic acid groups (broad SMARTS) is 1. The molecule has 7 N–H and O–H groups in total. The van der Waals surface area contributed by atoms with Crippen molar-refractivity contribution in [2.24, 2.45) is 5.73 Å². The summed E-state index contributed by atoms with van der Waals surface area (Å²) in [6.45, 7) is 0. The minimum atomic E-state index is -1.29. The van der Waals surface area contributed by atoms with Crippen LogP contribution in [0.3, 0.4) is 0 Å². The SMILES string of the molecule is COc1cccc(C#Cc2cc(Cc3cnc(N)nc3N)c3c(=O)c(C(=O)O)cn([C@H]4CC[C@H](N)CC4)c3c2)c1OC.Cl.Cl. The molecule has 1 fully saturated rings. The lowest BCUT2D eigenvalue weighted by Gasteiger charge is -2.30. The Morgan fingerprint density at radius 2 is 1.80 bits per heavy atom. The van der Waals surface area contributed by atoms with E-state index in [2.05, 4.69) is 21.8 Å². The third kappa shape index (κ3) is 6.83. The number of aromatic carboxylic acids is 1. The molecule has 13 heteroatoms. The van der Waals surface area contributed by atoms with Gasteiger partial charge in [0.2, 0.25) is 11.4 Å². The Hall–Kier alpha value is -4.50. The van der Waals surface area contributed by atoms with Crippen LogP contribution in [0.2, 0.25) is 0 Å². The molecule has 4 aromatic rings. The Morgan fingerprint density at radius 3 is 2.43 bits per heavy atom. The maximum Gasteiger partial charge on any atom is 0.341 e. The summed E-state index contributed by atoms with van der Waals surface area (Å²) in [5.41, 5.74) is 20.0. The van der Waals surface area contributed by atoms with Crippen LogP contribution < -0.4 is 32.1 Å². The lowest BCUT2D eigenvalue weighted by molar-refractivity contribution is 0.0694. The first-order chi connectivity index (χ1) is 20.2. The number of fused-ring (bicyclic) bond motifs is 1. The maximum atomic E-state index is 13.7. The van der Waals surface area contributed by atoms with Crippen molar-refractivity contribution in [3.05, 3.63) is 80.8 Å². The first kappa shape index (κ1) is 34.0. The summed E-state index contributed by atoms with van der Waals surface area (Å²) in [5.74, 6) is 6.32.